The first-order valence-corrected chi connectivity index (χ1v) is 6.94. The molecule has 114 valence electrons. The van der Waals surface area contributed by atoms with Crippen LogP contribution < -0.4 is 5.32 Å². The van der Waals surface area contributed by atoms with Gasteiger partial charge in [-0.2, -0.15) is 0 Å². The highest BCUT2D eigenvalue weighted by Crippen LogP contribution is 2.20. The van der Waals surface area contributed by atoms with Crippen molar-refractivity contribution in [3.05, 3.63) is 29.6 Å². The van der Waals surface area contributed by atoms with Gasteiger partial charge in [0.25, 0.3) is 0 Å². The number of carbonyl (C=O) groups is 2. The first-order chi connectivity index (χ1) is 9.94. The summed E-state index contributed by atoms with van der Waals surface area (Å²) in [7, 11) is 0. The number of halogens is 1. The summed E-state index contributed by atoms with van der Waals surface area (Å²) in [5.41, 5.74) is 1.27. The number of likely N-dealkylation sites (tertiary alicyclic amines) is 1. The summed E-state index contributed by atoms with van der Waals surface area (Å²) in [4.78, 5) is 24.6. The summed E-state index contributed by atoms with van der Waals surface area (Å²) in [5, 5.41) is 11.5. The fourth-order valence-corrected chi connectivity index (χ4v) is 2.59. The smallest absolute Gasteiger partial charge is 0.303 e. The molecular weight excluding hydrogens is 275 g/mol. The highest BCUT2D eigenvalue weighted by atomic mass is 19.1. The molecule has 6 heteroatoms. The minimum atomic E-state index is -0.804. The standard InChI is InChI=1S/C15H19FN2O3/c1-10-2-3-12(16)7-13(10)17-14(19)9-18-5-4-11(8-18)6-15(20)21/h2-3,7,11H,4-6,8-9H2,1H3,(H,17,19)(H,20,21). The van der Waals surface area contributed by atoms with Gasteiger partial charge in [0.1, 0.15) is 5.82 Å². The Labute approximate surface area is 122 Å². The molecule has 5 nitrogen and oxygen atoms in total. The van der Waals surface area contributed by atoms with Gasteiger partial charge in [-0.05, 0) is 43.5 Å². The molecule has 1 unspecified atom stereocenters. The molecule has 0 radical (unpaired) electrons. The van der Waals surface area contributed by atoms with Gasteiger partial charge in [0.05, 0.1) is 6.54 Å². The second-order valence-corrected chi connectivity index (χ2v) is 5.50. The topological polar surface area (TPSA) is 69.6 Å². The third-order valence-electron chi connectivity index (χ3n) is 3.67. The maximum atomic E-state index is 13.2. The van der Waals surface area contributed by atoms with Gasteiger partial charge in [0.15, 0.2) is 0 Å². The summed E-state index contributed by atoms with van der Waals surface area (Å²) in [6.07, 6.45) is 0.930. The fraction of sp³-hybridized carbons (Fsp3) is 0.467. The zero-order valence-electron chi connectivity index (χ0n) is 11.9. The quantitative estimate of drug-likeness (QED) is 0.870. The van der Waals surface area contributed by atoms with E-state index in [1.54, 1.807) is 13.0 Å². The van der Waals surface area contributed by atoms with Crippen LogP contribution in [0.15, 0.2) is 18.2 Å². The number of anilines is 1. The Morgan fingerprint density at radius 2 is 2.24 bits per heavy atom. The van der Waals surface area contributed by atoms with Crippen LogP contribution in [0.2, 0.25) is 0 Å². The van der Waals surface area contributed by atoms with E-state index in [1.807, 2.05) is 4.90 Å². The Hall–Kier alpha value is -1.95. The number of hydrogen-bond acceptors (Lipinski definition) is 3. The van der Waals surface area contributed by atoms with Crippen molar-refractivity contribution in [3.63, 3.8) is 0 Å². The highest BCUT2D eigenvalue weighted by molar-refractivity contribution is 5.93. The molecule has 1 aliphatic heterocycles. The number of carbonyl (C=O) groups excluding carboxylic acids is 1. The Morgan fingerprint density at radius 1 is 1.48 bits per heavy atom. The lowest BCUT2D eigenvalue weighted by Gasteiger charge is -2.16. The van der Waals surface area contributed by atoms with Gasteiger partial charge in [0, 0.05) is 18.7 Å². The molecule has 0 saturated carbocycles. The first-order valence-electron chi connectivity index (χ1n) is 6.94. The van der Waals surface area contributed by atoms with E-state index in [9.17, 15) is 14.0 Å². The third kappa shape index (κ3) is 4.53. The van der Waals surface area contributed by atoms with E-state index < -0.39 is 11.8 Å². The van der Waals surface area contributed by atoms with Crippen molar-refractivity contribution in [1.82, 2.24) is 4.90 Å². The van der Waals surface area contributed by atoms with Crippen LogP contribution in [-0.2, 0) is 9.59 Å². The van der Waals surface area contributed by atoms with Gasteiger partial charge in [-0.15, -0.1) is 0 Å². The van der Waals surface area contributed by atoms with E-state index in [0.717, 1.165) is 12.0 Å². The zero-order chi connectivity index (χ0) is 15.4. The molecule has 1 fully saturated rings. The normalized spacial score (nSPS) is 18.7. The van der Waals surface area contributed by atoms with Crippen molar-refractivity contribution in [2.45, 2.75) is 19.8 Å². The van der Waals surface area contributed by atoms with Crippen LogP contribution in [0, 0.1) is 18.7 Å². The van der Waals surface area contributed by atoms with Crippen LogP contribution in [0.25, 0.3) is 0 Å². The number of aryl methyl sites for hydroxylation is 1. The largest absolute Gasteiger partial charge is 0.481 e. The summed E-state index contributed by atoms with van der Waals surface area (Å²) in [5.74, 6) is -1.30. The number of nitrogens with one attached hydrogen (secondary N) is 1. The van der Waals surface area contributed by atoms with Crippen molar-refractivity contribution in [1.29, 1.82) is 0 Å². The Bertz CT molecular complexity index is 548. The molecule has 1 saturated heterocycles. The molecule has 1 heterocycles. The zero-order valence-corrected chi connectivity index (χ0v) is 11.9. The molecule has 0 aromatic heterocycles. The SMILES string of the molecule is Cc1ccc(F)cc1NC(=O)CN1CCC(CC(=O)O)C1. The molecule has 1 aromatic carbocycles. The summed E-state index contributed by atoms with van der Waals surface area (Å²) in [6, 6.07) is 4.26. The average Bonchev–Trinajstić information content (AvgIpc) is 2.80. The van der Waals surface area contributed by atoms with Gasteiger partial charge in [-0.3, -0.25) is 14.5 Å². The highest BCUT2D eigenvalue weighted by Gasteiger charge is 2.25. The minimum Gasteiger partial charge on any atom is -0.481 e. The molecule has 2 N–H and O–H groups in total. The minimum absolute atomic E-state index is 0.103. The molecule has 0 aliphatic carbocycles. The Kier molecular flexibility index (Phi) is 4.90. The number of carboxylic acids is 1. The first kappa shape index (κ1) is 15.4. The number of rotatable bonds is 5. The van der Waals surface area contributed by atoms with Crippen LogP contribution >= 0.6 is 0 Å². The predicted octanol–water partition coefficient (Wildman–Crippen LogP) is 1.87. The van der Waals surface area contributed by atoms with E-state index in [-0.39, 0.29) is 24.8 Å². The maximum absolute atomic E-state index is 13.2. The van der Waals surface area contributed by atoms with E-state index in [0.29, 0.717) is 18.8 Å². The maximum Gasteiger partial charge on any atom is 0.303 e. The Morgan fingerprint density at radius 3 is 2.95 bits per heavy atom. The summed E-state index contributed by atoms with van der Waals surface area (Å²) in [6.45, 7) is 3.33. The number of nitrogens with zero attached hydrogens (tertiary/aromatic N) is 1. The average molecular weight is 294 g/mol. The summed E-state index contributed by atoms with van der Waals surface area (Å²) >= 11 is 0. The second kappa shape index (κ2) is 6.67. The van der Waals surface area contributed by atoms with Crippen molar-refractivity contribution in [2.24, 2.45) is 5.92 Å². The van der Waals surface area contributed by atoms with Crippen LogP contribution in [0.5, 0.6) is 0 Å². The van der Waals surface area contributed by atoms with E-state index in [1.165, 1.54) is 12.1 Å². The lowest BCUT2D eigenvalue weighted by atomic mass is 10.1. The van der Waals surface area contributed by atoms with Crippen molar-refractivity contribution in [2.75, 3.05) is 25.0 Å². The molecule has 1 atom stereocenters. The number of benzene rings is 1. The van der Waals surface area contributed by atoms with E-state index in [4.69, 9.17) is 5.11 Å². The molecule has 0 bridgehead atoms. The lowest BCUT2D eigenvalue weighted by molar-refractivity contribution is -0.138. The van der Waals surface area contributed by atoms with Gasteiger partial charge < -0.3 is 10.4 Å². The molecule has 2 rings (SSSR count). The summed E-state index contributed by atoms with van der Waals surface area (Å²) < 4.78 is 13.2. The van der Waals surface area contributed by atoms with Crippen molar-refractivity contribution in [3.8, 4) is 0 Å². The van der Waals surface area contributed by atoms with E-state index >= 15 is 0 Å². The van der Waals surface area contributed by atoms with Crippen LogP contribution in [0.4, 0.5) is 10.1 Å². The van der Waals surface area contributed by atoms with Crippen LogP contribution in [0.3, 0.4) is 0 Å². The van der Waals surface area contributed by atoms with Gasteiger partial charge in [0.2, 0.25) is 5.91 Å². The molecule has 1 amide bonds. The van der Waals surface area contributed by atoms with Gasteiger partial charge in [-0.25, -0.2) is 4.39 Å². The molecule has 1 aromatic rings. The van der Waals surface area contributed by atoms with Gasteiger partial charge in [-0.1, -0.05) is 6.07 Å². The van der Waals surface area contributed by atoms with E-state index in [2.05, 4.69) is 5.32 Å². The molecule has 0 spiro atoms. The van der Waals surface area contributed by atoms with Crippen molar-refractivity contribution < 1.29 is 19.1 Å². The van der Waals surface area contributed by atoms with Gasteiger partial charge >= 0.3 is 5.97 Å². The van der Waals surface area contributed by atoms with Crippen molar-refractivity contribution >= 4 is 17.6 Å². The molecule has 1 aliphatic rings. The number of hydrogen-bond donors (Lipinski definition) is 2. The third-order valence-corrected chi connectivity index (χ3v) is 3.67. The molecular formula is C15H19FN2O3. The predicted molar refractivity (Wildman–Crippen MR) is 76.6 cm³/mol. The van der Waals surface area contributed by atoms with Crippen LogP contribution in [0.1, 0.15) is 18.4 Å². The molecule has 21 heavy (non-hydrogen) atoms. The second-order valence-electron chi connectivity index (χ2n) is 5.50. The number of amides is 1. The fourth-order valence-electron chi connectivity index (χ4n) is 2.59. The number of carboxylic acid groups (broad SMARTS) is 1. The number of aliphatic carboxylic acids is 1. The lowest BCUT2D eigenvalue weighted by Crippen LogP contribution is -2.32. The van der Waals surface area contributed by atoms with Crippen LogP contribution in [-0.4, -0.2) is 41.5 Å². The Balaban J connectivity index is 1.85. The monoisotopic (exact) mass is 294 g/mol.